The van der Waals surface area contributed by atoms with Crippen LogP contribution in [0.25, 0.3) is 6.08 Å². The highest BCUT2D eigenvalue weighted by Crippen LogP contribution is 2.42. The highest BCUT2D eigenvalue weighted by Gasteiger charge is 2.45. The fraction of sp³-hybridized carbons (Fsp3) is 0.286. The number of rotatable bonds is 0. The SMILES string of the molecule is N#CC12CCCC(=O)N1C=Cc1ccccc12. The van der Waals surface area contributed by atoms with Gasteiger partial charge in [-0.2, -0.15) is 5.26 Å². The Morgan fingerprint density at radius 2 is 2.18 bits per heavy atom. The highest BCUT2D eigenvalue weighted by atomic mass is 16.2. The van der Waals surface area contributed by atoms with Gasteiger partial charge in [-0.25, -0.2) is 0 Å². The number of hydrogen-bond donors (Lipinski definition) is 0. The first kappa shape index (κ1) is 10.1. The van der Waals surface area contributed by atoms with Crippen LogP contribution in [0.4, 0.5) is 0 Å². The Balaban J connectivity index is 2.24. The fourth-order valence-electron chi connectivity index (χ4n) is 2.77. The first-order chi connectivity index (χ1) is 8.28. The molecule has 2 aliphatic rings. The number of nitrogens with zero attached hydrogens (tertiary/aromatic N) is 2. The minimum atomic E-state index is -0.777. The molecule has 1 unspecified atom stereocenters. The second-order valence-corrected chi connectivity index (χ2v) is 4.49. The predicted molar refractivity (Wildman–Crippen MR) is 63.5 cm³/mol. The largest absolute Gasteiger partial charge is 0.296 e. The molecule has 2 aliphatic heterocycles. The Morgan fingerprint density at radius 3 is 3.00 bits per heavy atom. The molecule has 84 valence electrons. The molecule has 0 saturated carbocycles. The number of hydrogen-bond acceptors (Lipinski definition) is 2. The van der Waals surface area contributed by atoms with E-state index in [0.717, 1.165) is 24.0 Å². The van der Waals surface area contributed by atoms with Crippen molar-refractivity contribution in [3.05, 3.63) is 41.6 Å². The van der Waals surface area contributed by atoms with Crippen molar-refractivity contribution in [2.45, 2.75) is 24.8 Å². The number of fused-ring (bicyclic) bond motifs is 3. The molecule has 1 aromatic rings. The number of amides is 1. The average molecular weight is 224 g/mol. The van der Waals surface area contributed by atoms with E-state index in [9.17, 15) is 10.1 Å². The van der Waals surface area contributed by atoms with Gasteiger partial charge in [-0.05, 0) is 30.0 Å². The van der Waals surface area contributed by atoms with Crippen molar-refractivity contribution in [1.82, 2.24) is 4.90 Å². The molecule has 1 fully saturated rings. The molecule has 1 saturated heterocycles. The number of piperidine rings is 1. The lowest BCUT2D eigenvalue weighted by Gasteiger charge is -2.43. The molecule has 0 spiro atoms. The van der Waals surface area contributed by atoms with Gasteiger partial charge in [-0.3, -0.25) is 9.69 Å². The molecular weight excluding hydrogens is 212 g/mol. The number of benzene rings is 1. The van der Waals surface area contributed by atoms with E-state index in [1.54, 1.807) is 11.1 Å². The minimum Gasteiger partial charge on any atom is -0.296 e. The lowest BCUT2D eigenvalue weighted by atomic mass is 9.77. The van der Waals surface area contributed by atoms with Crippen LogP contribution < -0.4 is 0 Å². The van der Waals surface area contributed by atoms with E-state index in [2.05, 4.69) is 6.07 Å². The van der Waals surface area contributed by atoms with Crippen molar-refractivity contribution in [3.63, 3.8) is 0 Å². The molecule has 1 amide bonds. The maximum absolute atomic E-state index is 11.9. The maximum atomic E-state index is 11.9. The summed E-state index contributed by atoms with van der Waals surface area (Å²) in [5.41, 5.74) is 1.22. The van der Waals surface area contributed by atoms with Gasteiger partial charge in [0.15, 0.2) is 5.54 Å². The van der Waals surface area contributed by atoms with Crippen LogP contribution in [0, 0.1) is 11.3 Å². The van der Waals surface area contributed by atoms with Crippen LogP contribution in [0.1, 0.15) is 30.4 Å². The van der Waals surface area contributed by atoms with Crippen molar-refractivity contribution >= 4 is 12.0 Å². The summed E-state index contributed by atoms with van der Waals surface area (Å²) in [5, 5.41) is 9.56. The van der Waals surface area contributed by atoms with Gasteiger partial charge in [0.25, 0.3) is 0 Å². The van der Waals surface area contributed by atoms with Gasteiger partial charge in [0.1, 0.15) is 0 Å². The van der Waals surface area contributed by atoms with Crippen LogP contribution in [0.15, 0.2) is 30.5 Å². The number of carbonyl (C=O) groups is 1. The van der Waals surface area contributed by atoms with Gasteiger partial charge in [0.2, 0.25) is 5.91 Å². The topological polar surface area (TPSA) is 44.1 Å². The molecule has 0 aromatic heterocycles. The Kier molecular flexibility index (Phi) is 2.05. The van der Waals surface area contributed by atoms with Gasteiger partial charge in [-0.15, -0.1) is 0 Å². The highest BCUT2D eigenvalue weighted by molar-refractivity contribution is 5.83. The third-order valence-electron chi connectivity index (χ3n) is 3.60. The number of carbonyl (C=O) groups excluding carboxylic acids is 1. The average Bonchev–Trinajstić information content (AvgIpc) is 2.38. The van der Waals surface area contributed by atoms with E-state index in [4.69, 9.17) is 0 Å². The van der Waals surface area contributed by atoms with E-state index in [-0.39, 0.29) is 5.91 Å². The quantitative estimate of drug-likeness (QED) is 0.679. The van der Waals surface area contributed by atoms with Crippen LogP contribution in [-0.2, 0) is 10.3 Å². The molecule has 3 nitrogen and oxygen atoms in total. The second-order valence-electron chi connectivity index (χ2n) is 4.49. The zero-order valence-corrected chi connectivity index (χ0v) is 9.39. The summed E-state index contributed by atoms with van der Waals surface area (Å²) in [5.74, 6) is 0.0450. The molecule has 1 aromatic carbocycles. The molecule has 0 N–H and O–H groups in total. The van der Waals surface area contributed by atoms with Crippen molar-refractivity contribution in [2.75, 3.05) is 0 Å². The first-order valence-electron chi connectivity index (χ1n) is 5.79. The minimum absolute atomic E-state index is 0.0450. The van der Waals surface area contributed by atoms with Crippen molar-refractivity contribution in [1.29, 1.82) is 5.26 Å². The summed E-state index contributed by atoms with van der Waals surface area (Å²) in [6.45, 7) is 0. The van der Waals surface area contributed by atoms with Gasteiger partial charge in [0.05, 0.1) is 6.07 Å². The van der Waals surface area contributed by atoms with E-state index in [0.29, 0.717) is 6.42 Å². The van der Waals surface area contributed by atoms with Crippen LogP contribution in [-0.4, -0.2) is 10.8 Å². The Bertz CT molecular complexity index is 556. The second kappa shape index (κ2) is 3.46. The summed E-state index contributed by atoms with van der Waals surface area (Å²) in [6.07, 6.45) is 5.71. The van der Waals surface area contributed by atoms with Gasteiger partial charge in [-0.1, -0.05) is 24.3 Å². The smallest absolute Gasteiger partial charge is 0.228 e. The predicted octanol–water partition coefficient (Wildman–Crippen LogP) is 2.40. The zero-order chi connectivity index (χ0) is 11.9. The Labute approximate surface area is 100.0 Å². The number of nitriles is 1. The summed E-state index contributed by atoms with van der Waals surface area (Å²) in [6, 6.07) is 10.2. The van der Waals surface area contributed by atoms with E-state index >= 15 is 0 Å². The van der Waals surface area contributed by atoms with Crippen LogP contribution in [0.5, 0.6) is 0 Å². The third kappa shape index (κ3) is 1.24. The molecule has 3 heteroatoms. The molecular formula is C14H12N2O. The normalized spacial score (nSPS) is 26.1. The molecule has 0 radical (unpaired) electrons. The van der Waals surface area contributed by atoms with E-state index in [1.807, 2.05) is 30.3 Å². The van der Waals surface area contributed by atoms with Gasteiger partial charge < -0.3 is 0 Å². The molecule has 17 heavy (non-hydrogen) atoms. The standard InChI is InChI=1S/C14H12N2O/c15-10-14-8-3-6-13(17)16(14)9-7-11-4-1-2-5-12(11)14/h1-2,4-5,7,9H,3,6,8H2. The zero-order valence-electron chi connectivity index (χ0n) is 9.39. The maximum Gasteiger partial charge on any atom is 0.228 e. The van der Waals surface area contributed by atoms with E-state index < -0.39 is 5.54 Å². The first-order valence-corrected chi connectivity index (χ1v) is 5.79. The van der Waals surface area contributed by atoms with Crippen molar-refractivity contribution in [2.24, 2.45) is 0 Å². The van der Waals surface area contributed by atoms with Gasteiger partial charge >= 0.3 is 0 Å². The Hall–Kier alpha value is -2.08. The lowest BCUT2D eigenvalue weighted by Crippen LogP contribution is -2.50. The van der Waals surface area contributed by atoms with E-state index in [1.165, 1.54) is 0 Å². The van der Waals surface area contributed by atoms with Crippen molar-refractivity contribution < 1.29 is 4.79 Å². The van der Waals surface area contributed by atoms with Crippen LogP contribution in [0.2, 0.25) is 0 Å². The summed E-state index contributed by atoms with van der Waals surface area (Å²) >= 11 is 0. The summed E-state index contributed by atoms with van der Waals surface area (Å²) in [4.78, 5) is 13.5. The Morgan fingerprint density at radius 1 is 1.35 bits per heavy atom. The molecule has 3 rings (SSSR count). The third-order valence-corrected chi connectivity index (χ3v) is 3.60. The molecule has 2 heterocycles. The monoisotopic (exact) mass is 224 g/mol. The van der Waals surface area contributed by atoms with Crippen LogP contribution in [0.3, 0.4) is 0 Å². The molecule has 0 aliphatic carbocycles. The molecule has 0 bridgehead atoms. The van der Waals surface area contributed by atoms with Crippen molar-refractivity contribution in [3.8, 4) is 6.07 Å². The van der Waals surface area contributed by atoms with Crippen LogP contribution >= 0.6 is 0 Å². The van der Waals surface area contributed by atoms with Gasteiger partial charge in [0, 0.05) is 12.6 Å². The summed E-state index contributed by atoms with van der Waals surface area (Å²) in [7, 11) is 0. The summed E-state index contributed by atoms with van der Waals surface area (Å²) < 4.78 is 0. The fourth-order valence-corrected chi connectivity index (χ4v) is 2.77. The lowest BCUT2D eigenvalue weighted by molar-refractivity contribution is -0.135. The molecule has 1 atom stereocenters.